The Bertz CT molecular complexity index is 341. The molecule has 1 saturated heterocycles. The first-order valence-corrected chi connectivity index (χ1v) is 5.95. The Balaban J connectivity index is 2.03. The smallest absolute Gasteiger partial charge is 0.132 e. The highest BCUT2D eigenvalue weighted by molar-refractivity contribution is 5.39. The highest BCUT2D eigenvalue weighted by Crippen LogP contribution is 2.19. The molecule has 4 heteroatoms. The van der Waals surface area contributed by atoms with Crippen molar-refractivity contribution < 1.29 is 4.74 Å². The summed E-state index contributed by atoms with van der Waals surface area (Å²) in [4.78, 5) is 10.7. The maximum atomic E-state index is 5.68. The minimum atomic E-state index is 0.356. The lowest BCUT2D eigenvalue weighted by Gasteiger charge is -2.33. The van der Waals surface area contributed by atoms with Crippen LogP contribution < -0.4 is 4.90 Å². The summed E-state index contributed by atoms with van der Waals surface area (Å²) >= 11 is 0. The van der Waals surface area contributed by atoms with Crippen LogP contribution >= 0.6 is 0 Å². The van der Waals surface area contributed by atoms with Crippen molar-refractivity contribution in [2.24, 2.45) is 0 Å². The molecule has 1 aliphatic rings. The number of aromatic nitrogens is 2. The minimum Gasteiger partial charge on any atom is -0.377 e. The molecule has 88 valence electrons. The van der Waals surface area contributed by atoms with Crippen molar-refractivity contribution in [1.82, 2.24) is 9.97 Å². The fourth-order valence-corrected chi connectivity index (χ4v) is 2.13. The van der Waals surface area contributed by atoms with Gasteiger partial charge in [-0.15, -0.1) is 0 Å². The first kappa shape index (κ1) is 11.3. The van der Waals surface area contributed by atoms with E-state index in [0.717, 1.165) is 37.6 Å². The van der Waals surface area contributed by atoms with E-state index in [9.17, 15) is 0 Å². The van der Waals surface area contributed by atoms with Gasteiger partial charge >= 0.3 is 0 Å². The van der Waals surface area contributed by atoms with Crippen LogP contribution in [0.25, 0.3) is 0 Å². The largest absolute Gasteiger partial charge is 0.377 e. The molecule has 0 aromatic carbocycles. The number of hydrogen-bond acceptors (Lipinski definition) is 4. The second-order valence-electron chi connectivity index (χ2n) is 4.18. The summed E-state index contributed by atoms with van der Waals surface area (Å²) in [5.41, 5.74) is 1.02. The van der Waals surface area contributed by atoms with Crippen LogP contribution in [0.3, 0.4) is 0 Å². The monoisotopic (exact) mass is 221 g/mol. The van der Waals surface area contributed by atoms with E-state index in [0.29, 0.717) is 6.10 Å². The molecule has 0 N–H and O–H groups in total. The van der Waals surface area contributed by atoms with Crippen molar-refractivity contribution in [3.63, 3.8) is 0 Å². The van der Waals surface area contributed by atoms with E-state index in [1.807, 2.05) is 19.9 Å². The lowest BCUT2D eigenvalue weighted by atomic mass is 10.1. The summed E-state index contributed by atoms with van der Waals surface area (Å²) in [6, 6.07) is 2.04. The van der Waals surface area contributed by atoms with E-state index < -0.39 is 0 Å². The maximum absolute atomic E-state index is 5.68. The molecular formula is C12H19N3O. The summed E-state index contributed by atoms with van der Waals surface area (Å²) in [6.07, 6.45) is 4.32. The second-order valence-corrected chi connectivity index (χ2v) is 4.18. The van der Waals surface area contributed by atoms with Gasteiger partial charge in [-0.3, -0.25) is 0 Å². The molecule has 2 heterocycles. The molecule has 0 amide bonds. The van der Waals surface area contributed by atoms with Crippen LogP contribution in [0.4, 0.5) is 5.82 Å². The number of hydrogen-bond donors (Lipinski definition) is 0. The Kier molecular flexibility index (Phi) is 3.72. The van der Waals surface area contributed by atoms with Gasteiger partial charge in [-0.05, 0) is 26.7 Å². The quantitative estimate of drug-likeness (QED) is 0.780. The van der Waals surface area contributed by atoms with Crippen LogP contribution in [0, 0.1) is 6.92 Å². The topological polar surface area (TPSA) is 38.2 Å². The lowest BCUT2D eigenvalue weighted by molar-refractivity contribution is 0.0525. The number of rotatable bonds is 3. The molecule has 0 aliphatic carbocycles. The first-order valence-electron chi connectivity index (χ1n) is 5.95. The summed E-state index contributed by atoms with van der Waals surface area (Å²) in [5.74, 6) is 1.02. The zero-order valence-electron chi connectivity index (χ0n) is 10.0. The fourth-order valence-electron chi connectivity index (χ4n) is 2.13. The van der Waals surface area contributed by atoms with Gasteiger partial charge in [0.1, 0.15) is 12.1 Å². The summed E-state index contributed by atoms with van der Waals surface area (Å²) < 4.78 is 5.68. The fraction of sp³-hybridized carbons (Fsp3) is 0.667. The number of nitrogens with zero attached hydrogens (tertiary/aromatic N) is 3. The Labute approximate surface area is 96.7 Å². The van der Waals surface area contributed by atoms with E-state index in [-0.39, 0.29) is 0 Å². The molecule has 0 saturated carbocycles. The zero-order chi connectivity index (χ0) is 11.4. The van der Waals surface area contributed by atoms with E-state index in [1.165, 1.54) is 6.42 Å². The van der Waals surface area contributed by atoms with E-state index in [1.54, 1.807) is 6.33 Å². The molecule has 0 spiro atoms. The number of piperidine rings is 1. The molecule has 1 unspecified atom stereocenters. The number of ether oxygens (including phenoxy) is 1. The first-order chi connectivity index (χ1) is 7.79. The summed E-state index contributed by atoms with van der Waals surface area (Å²) in [7, 11) is 0. The van der Waals surface area contributed by atoms with Crippen molar-refractivity contribution in [1.29, 1.82) is 0 Å². The lowest BCUT2D eigenvalue weighted by Crippen LogP contribution is -2.40. The predicted molar refractivity (Wildman–Crippen MR) is 63.6 cm³/mol. The average molecular weight is 221 g/mol. The molecular weight excluding hydrogens is 202 g/mol. The van der Waals surface area contributed by atoms with Gasteiger partial charge < -0.3 is 9.64 Å². The van der Waals surface area contributed by atoms with Gasteiger partial charge in [0.05, 0.1) is 6.10 Å². The van der Waals surface area contributed by atoms with Gasteiger partial charge in [0.2, 0.25) is 0 Å². The van der Waals surface area contributed by atoms with Crippen LogP contribution in [-0.4, -0.2) is 35.8 Å². The average Bonchev–Trinajstić information content (AvgIpc) is 2.30. The Hall–Kier alpha value is -1.16. The van der Waals surface area contributed by atoms with Crippen LogP contribution in [0.15, 0.2) is 12.4 Å². The van der Waals surface area contributed by atoms with Gasteiger partial charge in [0.15, 0.2) is 0 Å². The van der Waals surface area contributed by atoms with E-state index >= 15 is 0 Å². The third-order valence-corrected chi connectivity index (χ3v) is 2.89. The molecule has 1 aromatic rings. The Morgan fingerprint density at radius 2 is 2.38 bits per heavy atom. The Morgan fingerprint density at radius 1 is 1.50 bits per heavy atom. The molecule has 16 heavy (non-hydrogen) atoms. The van der Waals surface area contributed by atoms with Crippen LogP contribution in [0.2, 0.25) is 0 Å². The second kappa shape index (κ2) is 5.25. The third kappa shape index (κ3) is 2.70. The van der Waals surface area contributed by atoms with Crippen molar-refractivity contribution in [3.8, 4) is 0 Å². The van der Waals surface area contributed by atoms with Crippen LogP contribution in [0.5, 0.6) is 0 Å². The van der Waals surface area contributed by atoms with Gasteiger partial charge in [-0.2, -0.15) is 0 Å². The van der Waals surface area contributed by atoms with Gasteiger partial charge in [0, 0.05) is 31.5 Å². The molecule has 0 radical (unpaired) electrons. The standard InChI is InChI=1S/C12H19N3O/c1-3-16-11-5-4-6-15(8-11)12-7-10(2)13-9-14-12/h7,9,11H,3-6,8H2,1-2H3. The highest BCUT2D eigenvalue weighted by atomic mass is 16.5. The normalized spacial score (nSPS) is 21.1. The molecule has 1 fully saturated rings. The van der Waals surface area contributed by atoms with Crippen molar-refractivity contribution in [3.05, 3.63) is 18.1 Å². The molecule has 1 atom stereocenters. The minimum absolute atomic E-state index is 0.356. The number of anilines is 1. The molecule has 1 aromatic heterocycles. The maximum Gasteiger partial charge on any atom is 0.132 e. The predicted octanol–water partition coefficient (Wildman–Crippen LogP) is 1.79. The van der Waals surface area contributed by atoms with E-state index in [2.05, 4.69) is 14.9 Å². The van der Waals surface area contributed by atoms with Crippen molar-refractivity contribution in [2.45, 2.75) is 32.8 Å². The van der Waals surface area contributed by atoms with Gasteiger partial charge in [-0.25, -0.2) is 9.97 Å². The van der Waals surface area contributed by atoms with Gasteiger partial charge in [0.25, 0.3) is 0 Å². The van der Waals surface area contributed by atoms with Gasteiger partial charge in [-0.1, -0.05) is 0 Å². The Morgan fingerprint density at radius 3 is 3.12 bits per heavy atom. The summed E-state index contributed by atoms with van der Waals surface area (Å²) in [6.45, 7) is 6.86. The van der Waals surface area contributed by atoms with Crippen molar-refractivity contribution >= 4 is 5.82 Å². The molecule has 0 bridgehead atoms. The molecule has 4 nitrogen and oxygen atoms in total. The third-order valence-electron chi connectivity index (χ3n) is 2.89. The van der Waals surface area contributed by atoms with Crippen LogP contribution in [-0.2, 0) is 4.74 Å². The van der Waals surface area contributed by atoms with E-state index in [4.69, 9.17) is 4.74 Å². The van der Waals surface area contributed by atoms with Crippen LogP contribution in [0.1, 0.15) is 25.5 Å². The summed E-state index contributed by atoms with van der Waals surface area (Å²) in [5, 5.41) is 0. The highest BCUT2D eigenvalue weighted by Gasteiger charge is 2.20. The molecule has 1 aliphatic heterocycles. The zero-order valence-corrected chi connectivity index (χ0v) is 10.0. The number of aryl methyl sites for hydroxylation is 1. The SMILES string of the molecule is CCOC1CCCN(c2cc(C)ncn2)C1. The van der Waals surface area contributed by atoms with Crippen molar-refractivity contribution in [2.75, 3.05) is 24.6 Å². The molecule has 2 rings (SSSR count).